The van der Waals surface area contributed by atoms with Crippen LogP contribution >= 0.6 is 0 Å². The fraction of sp³-hybridized carbons (Fsp3) is 0.150. The van der Waals surface area contributed by atoms with Crippen molar-refractivity contribution in [1.82, 2.24) is 20.6 Å². The summed E-state index contributed by atoms with van der Waals surface area (Å²) in [6.45, 7) is 3.85. The summed E-state index contributed by atoms with van der Waals surface area (Å²) in [7, 11) is 0. The Bertz CT molecular complexity index is 951. The molecular formula is C20H20N4O3. The summed E-state index contributed by atoms with van der Waals surface area (Å²) in [5.41, 5.74) is 8.11. The molecule has 0 saturated heterocycles. The lowest BCUT2D eigenvalue weighted by molar-refractivity contribution is 0.0913. The molecular weight excluding hydrogens is 344 g/mol. The first kappa shape index (κ1) is 18.2. The van der Waals surface area contributed by atoms with Crippen molar-refractivity contribution in [2.45, 2.75) is 13.8 Å². The first-order chi connectivity index (χ1) is 13.1. The molecule has 7 nitrogen and oxygen atoms in total. The number of para-hydroxylation sites is 1. The highest BCUT2D eigenvalue weighted by Gasteiger charge is 2.20. The van der Waals surface area contributed by atoms with Crippen LogP contribution in [-0.4, -0.2) is 28.4 Å². The standard InChI is InChI=1S/C20H20N4O3/c1-3-27-20(26)22-21-19(25)17-13-24(15-10-5-4-6-11-15)23-18(17)16-12-8-7-9-14(16)2/h4-13H,3H2,1-2H3,(H,21,25)(H,22,26). The van der Waals surface area contributed by atoms with Gasteiger partial charge in [0.1, 0.15) is 5.69 Å². The van der Waals surface area contributed by atoms with Crippen molar-refractivity contribution in [3.8, 4) is 16.9 Å². The molecule has 3 aromatic rings. The quantitative estimate of drug-likeness (QED) is 0.696. The van der Waals surface area contributed by atoms with E-state index < -0.39 is 12.0 Å². The molecule has 138 valence electrons. The Morgan fingerprint density at radius 2 is 1.74 bits per heavy atom. The molecule has 2 amide bonds. The summed E-state index contributed by atoms with van der Waals surface area (Å²) in [6.07, 6.45) is 0.915. The number of rotatable bonds is 4. The minimum absolute atomic E-state index is 0.210. The van der Waals surface area contributed by atoms with Gasteiger partial charge < -0.3 is 4.74 Å². The topological polar surface area (TPSA) is 85.3 Å². The molecule has 0 aliphatic carbocycles. The van der Waals surface area contributed by atoms with Crippen LogP contribution in [0.3, 0.4) is 0 Å². The molecule has 27 heavy (non-hydrogen) atoms. The van der Waals surface area contributed by atoms with Gasteiger partial charge in [-0.25, -0.2) is 14.9 Å². The molecule has 0 unspecified atom stereocenters. The van der Waals surface area contributed by atoms with Crippen LogP contribution in [0.4, 0.5) is 4.79 Å². The molecule has 0 aliphatic heterocycles. The fourth-order valence-corrected chi connectivity index (χ4v) is 2.63. The molecule has 0 aliphatic rings. The molecule has 1 aromatic heterocycles. The highest BCUT2D eigenvalue weighted by atomic mass is 16.5. The van der Waals surface area contributed by atoms with E-state index in [1.54, 1.807) is 17.8 Å². The number of aromatic nitrogens is 2. The predicted octanol–water partition coefficient (Wildman–Crippen LogP) is 3.24. The van der Waals surface area contributed by atoms with Gasteiger partial charge in [-0.2, -0.15) is 5.10 Å². The Morgan fingerprint density at radius 1 is 1.04 bits per heavy atom. The molecule has 0 saturated carbocycles. The summed E-state index contributed by atoms with van der Waals surface area (Å²) in [4.78, 5) is 24.1. The second-order valence-electron chi connectivity index (χ2n) is 5.79. The van der Waals surface area contributed by atoms with E-state index in [1.165, 1.54) is 0 Å². The number of hydrogen-bond acceptors (Lipinski definition) is 4. The largest absolute Gasteiger partial charge is 0.449 e. The zero-order valence-electron chi connectivity index (χ0n) is 15.1. The second kappa shape index (κ2) is 8.18. The smallest absolute Gasteiger partial charge is 0.426 e. The lowest BCUT2D eigenvalue weighted by Crippen LogP contribution is -2.42. The second-order valence-corrected chi connectivity index (χ2v) is 5.79. The SMILES string of the molecule is CCOC(=O)NNC(=O)c1cn(-c2ccccc2)nc1-c1ccccc1C. The van der Waals surface area contributed by atoms with Crippen molar-refractivity contribution in [1.29, 1.82) is 0 Å². The Labute approximate surface area is 156 Å². The summed E-state index contributed by atoms with van der Waals surface area (Å²) >= 11 is 0. The van der Waals surface area contributed by atoms with Gasteiger partial charge in [0.25, 0.3) is 5.91 Å². The number of nitrogens with one attached hydrogen (secondary N) is 2. The van der Waals surface area contributed by atoms with E-state index in [0.29, 0.717) is 11.3 Å². The zero-order valence-corrected chi connectivity index (χ0v) is 15.1. The van der Waals surface area contributed by atoms with E-state index in [2.05, 4.69) is 16.0 Å². The van der Waals surface area contributed by atoms with Crippen molar-refractivity contribution in [2.75, 3.05) is 6.61 Å². The minimum Gasteiger partial charge on any atom is -0.449 e. The summed E-state index contributed by atoms with van der Waals surface area (Å²) in [5, 5.41) is 4.61. The monoisotopic (exact) mass is 364 g/mol. The van der Waals surface area contributed by atoms with Crippen molar-refractivity contribution in [2.24, 2.45) is 0 Å². The normalized spacial score (nSPS) is 10.3. The molecule has 0 bridgehead atoms. The van der Waals surface area contributed by atoms with Gasteiger partial charge in [0.05, 0.1) is 17.9 Å². The van der Waals surface area contributed by atoms with Crippen LogP contribution in [0.2, 0.25) is 0 Å². The van der Waals surface area contributed by atoms with Gasteiger partial charge in [0, 0.05) is 11.8 Å². The van der Waals surface area contributed by atoms with Gasteiger partial charge in [-0.3, -0.25) is 10.2 Å². The third kappa shape index (κ3) is 4.14. The number of amides is 2. The third-order valence-corrected chi connectivity index (χ3v) is 3.93. The van der Waals surface area contributed by atoms with E-state index in [4.69, 9.17) is 4.74 Å². The van der Waals surface area contributed by atoms with E-state index in [-0.39, 0.29) is 6.61 Å². The maximum Gasteiger partial charge on any atom is 0.426 e. The third-order valence-electron chi connectivity index (χ3n) is 3.93. The van der Waals surface area contributed by atoms with Crippen LogP contribution in [0, 0.1) is 6.92 Å². The van der Waals surface area contributed by atoms with E-state index in [1.807, 2.05) is 61.5 Å². The maximum atomic E-state index is 12.7. The van der Waals surface area contributed by atoms with E-state index in [0.717, 1.165) is 16.8 Å². The molecule has 2 aromatic carbocycles. The number of carbonyl (C=O) groups excluding carboxylic acids is 2. The molecule has 7 heteroatoms. The number of benzene rings is 2. The fourth-order valence-electron chi connectivity index (χ4n) is 2.63. The predicted molar refractivity (Wildman–Crippen MR) is 101 cm³/mol. The zero-order chi connectivity index (χ0) is 19.2. The number of hydrogen-bond donors (Lipinski definition) is 2. The van der Waals surface area contributed by atoms with Crippen LogP contribution < -0.4 is 10.9 Å². The van der Waals surface area contributed by atoms with Gasteiger partial charge in [0.2, 0.25) is 0 Å². The molecule has 0 radical (unpaired) electrons. The van der Waals surface area contributed by atoms with Crippen molar-refractivity contribution in [3.63, 3.8) is 0 Å². The Hall–Kier alpha value is -3.61. The highest BCUT2D eigenvalue weighted by Crippen LogP contribution is 2.26. The van der Waals surface area contributed by atoms with Crippen LogP contribution in [0.1, 0.15) is 22.8 Å². The highest BCUT2D eigenvalue weighted by molar-refractivity contribution is 6.00. The van der Waals surface area contributed by atoms with Gasteiger partial charge >= 0.3 is 6.09 Å². The summed E-state index contributed by atoms with van der Waals surface area (Å²) < 4.78 is 6.39. The summed E-state index contributed by atoms with van der Waals surface area (Å²) in [5.74, 6) is -0.483. The average molecular weight is 364 g/mol. The number of hydrazine groups is 1. The van der Waals surface area contributed by atoms with Gasteiger partial charge in [-0.15, -0.1) is 0 Å². The van der Waals surface area contributed by atoms with Crippen LogP contribution in [-0.2, 0) is 4.74 Å². The molecule has 0 spiro atoms. The number of carbonyl (C=O) groups is 2. The lowest BCUT2D eigenvalue weighted by Gasteiger charge is -2.08. The molecule has 0 fully saturated rings. The molecule has 2 N–H and O–H groups in total. The molecule has 3 rings (SSSR count). The van der Waals surface area contributed by atoms with Crippen molar-refractivity contribution >= 4 is 12.0 Å². The van der Waals surface area contributed by atoms with E-state index >= 15 is 0 Å². The number of nitrogens with zero attached hydrogens (tertiary/aromatic N) is 2. The van der Waals surface area contributed by atoms with E-state index in [9.17, 15) is 9.59 Å². The maximum absolute atomic E-state index is 12.7. The first-order valence-corrected chi connectivity index (χ1v) is 8.54. The van der Waals surface area contributed by atoms with Crippen molar-refractivity contribution < 1.29 is 14.3 Å². The van der Waals surface area contributed by atoms with Crippen LogP contribution in [0.15, 0.2) is 60.8 Å². The number of ether oxygens (including phenoxy) is 1. The first-order valence-electron chi connectivity index (χ1n) is 8.54. The van der Waals surface area contributed by atoms with Gasteiger partial charge in [-0.1, -0.05) is 42.5 Å². The number of aryl methyl sites for hydroxylation is 1. The van der Waals surface area contributed by atoms with Crippen LogP contribution in [0.25, 0.3) is 16.9 Å². The Kier molecular flexibility index (Phi) is 5.51. The minimum atomic E-state index is -0.723. The Balaban J connectivity index is 1.98. The van der Waals surface area contributed by atoms with Crippen LogP contribution in [0.5, 0.6) is 0 Å². The van der Waals surface area contributed by atoms with Crippen molar-refractivity contribution in [3.05, 3.63) is 71.9 Å². The lowest BCUT2D eigenvalue weighted by atomic mass is 10.0. The average Bonchev–Trinajstić information content (AvgIpc) is 3.13. The molecule has 0 atom stereocenters. The van der Waals surface area contributed by atoms with Gasteiger partial charge in [-0.05, 0) is 31.5 Å². The molecule has 1 heterocycles. The summed E-state index contributed by atoms with van der Waals surface area (Å²) in [6, 6.07) is 17.2. The van der Waals surface area contributed by atoms with Gasteiger partial charge in [0.15, 0.2) is 0 Å². The Morgan fingerprint density at radius 3 is 2.44 bits per heavy atom.